The minimum absolute atomic E-state index is 0.225. The van der Waals surface area contributed by atoms with Crippen LogP contribution in [-0.4, -0.2) is 23.0 Å². The van der Waals surface area contributed by atoms with Crippen LogP contribution in [0.15, 0.2) is 94.8 Å². The fourth-order valence-electron chi connectivity index (χ4n) is 4.55. The predicted octanol–water partition coefficient (Wildman–Crippen LogP) is 7.57. The van der Waals surface area contributed by atoms with E-state index in [9.17, 15) is 4.79 Å². The van der Waals surface area contributed by atoms with E-state index in [1.54, 1.807) is 19.4 Å². The number of rotatable bonds is 8. The topological polar surface area (TPSA) is 65.7 Å². The van der Waals surface area contributed by atoms with E-state index in [1.165, 1.54) is 4.68 Å². The Morgan fingerprint density at radius 3 is 2.45 bits per heavy atom. The summed E-state index contributed by atoms with van der Waals surface area (Å²) in [6.07, 6.45) is 1.69. The monoisotopic (exact) mass is 643 g/mol. The zero-order chi connectivity index (χ0) is 28.2. The first-order valence-electron chi connectivity index (χ1n) is 13.1. The molecule has 0 saturated heterocycles. The van der Waals surface area contributed by atoms with E-state index in [4.69, 9.17) is 14.5 Å². The van der Waals surface area contributed by atoms with Crippen LogP contribution in [0, 0.1) is 10.5 Å². The van der Waals surface area contributed by atoms with Gasteiger partial charge in [0.25, 0.3) is 5.56 Å². The molecule has 1 aromatic heterocycles. The van der Waals surface area contributed by atoms with Crippen LogP contribution in [0.4, 0.5) is 0 Å². The molecule has 0 saturated carbocycles. The number of para-hydroxylation sites is 1. The Kier molecular flexibility index (Phi) is 8.30. The third-order valence-corrected chi connectivity index (χ3v) is 7.55. The van der Waals surface area contributed by atoms with E-state index >= 15 is 0 Å². The molecule has 0 unspecified atom stereocenters. The number of hydrogen-bond donors (Lipinski definition) is 0. The quantitative estimate of drug-likeness (QED) is 0.129. The highest BCUT2D eigenvalue weighted by Gasteiger charge is 2.18. The van der Waals surface area contributed by atoms with Crippen LogP contribution >= 0.6 is 22.6 Å². The molecule has 202 valence electrons. The molecule has 5 rings (SSSR count). The molecule has 0 aliphatic rings. The van der Waals surface area contributed by atoms with Crippen molar-refractivity contribution in [2.75, 3.05) is 7.11 Å². The van der Waals surface area contributed by atoms with Crippen molar-refractivity contribution in [3.05, 3.63) is 121 Å². The van der Waals surface area contributed by atoms with Gasteiger partial charge in [-0.15, -0.1) is 0 Å². The summed E-state index contributed by atoms with van der Waals surface area (Å²) < 4.78 is 14.0. The Hall–Kier alpha value is -3.98. The minimum atomic E-state index is -0.226. The van der Waals surface area contributed by atoms with Gasteiger partial charge in [0.2, 0.25) is 0 Å². The molecule has 40 heavy (non-hydrogen) atoms. The molecule has 0 aliphatic carbocycles. The van der Waals surface area contributed by atoms with Crippen molar-refractivity contribution in [1.29, 1.82) is 0 Å². The van der Waals surface area contributed by atoms with E-state index < -0.39 is 0 Å². The average molecular weight is 644 g/mol. The second-order valence-corrected chi connectivity index (χ2v) is 11.0. The Balaban J connectivity index is 1.55. The van der Waals surface area contributed by atoms with Crippen LogP contribution < -0.4 is 15.0 Å². The third kappa shape index (κ3) is 5.79. The van der Waals surface area contributed by atoms with E-state index in [2.05, 4.69) is 47.6 Å². The number of benzene rings is 4. The fourth-order valence-corrected chi connectivity index (χ4v) is 5.24. The molecular weight excluding hydrogens is 613 g/mol. The summed E-state index contributed by atoms with van der Waals surface area (Å²) in [5.41, 5.74) is 5.18. The van der Waals surface area contributed by atoms with Crippen LogP contribution in [0.25, 0.3) is 22.3 Å². The van der Waals surface area contributed by atoms with E-state index in [0.717, 1.165) is 42.9 Å². The summed E-state index contributed by atoms with van der Waals surface area (Å²) in [5, 5.41) is 5.18. The second kappa shape index (κ2) is 12.0. The maximum absolute atomic E-state index is 13.7. The normalized spacial score (nSPS) is 11.4. The highest BCUT2D eigenvalue weighted by molar-refractivity contribution is 14.1. The minimum Gasteiger partial charge on any atom is -0.496 e. The lowest BCUT2D eigenvalue weighted by molar-refractivity contribution is 0.304. The lowest BCUT2D eigenvalue weighted by Crippen LogP contribution is -2.20. The van der Waals surface area contributed by atoms with Crippen LogP contribution in [0.3, 0.4) is 0 Å². The molecule has 0 N–H and O–H groups in total. The smallest absolute Gasteiger partial charge is 0.282 e. The van der Waals surface area contributed by atoms with Crippen LogP contribution in [0.1, 0.15) is 42.0 Å². The molecule has 0 amide bonds. The maximum Gasteiger partial charge on any atom is 0.282 e. The van der Waals surface area contributed by atoms with Gasteiger partial charge in [-0.05, 0) is 100 Å². The van der Waals surface area contributed by atoms with Crippen molar-refractivity contribution in [1.82, 2.24) is 9.66 Å². The second-order valence-electron chi connectivity index (χ2n) is 9.84. The molecule has 0 bridgehead atoms. The Labute approximate surface area is 247 Å². The number of ether oxygens (including phenoxy) is 2. The maximum atomic E-state index is 13.7. The molecule has 0 atom stereocenters. The fraction of sp³-hybridized carbons (Fsp3) is 0.182. The summed E-state index contributed by atoms with van der Waals surface area (Å²) in [7, 11) is 1.67. The first-order valence-corrected chi connectivity index (χ1v) is 14.1. The number of fused-ring (bicyclic) bond motifs is 1. The van der Waals surface area contributed by atoms with Crippen molar-refractivity contribution in [2.45, 2.75) is 33.3 Å². The third-order valence-electron chi connectivity index (χ3n) is 6.71. The summed E-state index contributed by atoms with van der Waals surface area (Å²) in [6.45, 7) is 6.72. The standard InChI is InChI=1S/C33H30IN3O3/c1-21(2)26-18-27(22(3)16-31(26)39-4)32-36-29-13-9-8-12-25(29)33(38)37(32)35-19-24-14-15-30(28(34)17-24)40-20-23-10-6-5-7-11-23/h5-19,21H,20H2,1-4H3. The molecule has 7 heteroatoms. The van der Waals surface area contributed by atoms with Crippen LogP contribution in [0.5, 0.6) is 11.5 Å². The first-order chi connectivity index (χ1) is 19.4. The number of aromatic nitrogens is 2. The molecule has 6 nitrogen and oxygen atoms in total. The van der Waals surface area contributed by atoms with Gasteiger partial charge in [-0.3, -0.25) is 4.79 Å². The van der Waals surface area contributed by atoms with Gasteiger partial charge in [-0.1, -0.05) is 56.3 Å². The summed E-state index contributed by atoms with van der Waals surface area (Å²) in [5.74, 6) is 2.32. The number of nitrogens with zero attached hydrogens (tertiary/aromatic N) is 3. The molecule has 4 aromatic carbocycles. The number of hydrogen-bond acceptors (Lipinski definition) is 5. The Bertz CT molecular complexity index is 1760. The van der Waals surface area contributed by atoms with Gasteiger partial charge in [0.15, 0.2) is 5.82 Å². The van der Waals surface area contributed by atoms with Crippen molar-refractivity contribution >= 4 is 39.7 Å². The Morgan fingerprint density at radius 2 is 1.73 bits per heavy atom. The van der Waals surface area contributed by atoms with Gasteiger partial charge in [0, 0.05) is 5.56 Å². The highest BCUT2D eigenvalue weighted by Crippen LogP contribution is 2.34. The molecular formula is C33H30IN3O3. The van der Waals surface area contributed by atoms with Crippen molar-refractivity contribution in [2.24, 2.45) is 5.10 Å². The van der Waals surface area contributed by atoms with Crippen LogP contribution in [0.2, 0.25) is 0 Å². The molecule has 0 fully saturated rings. The lowest BCUT2D eigenvalue weighted by atomic mass is 9.96. The number of aryl methyl sites for hydroxylation is 1. The van der Waals surface area contributed by atoms with Gasteiger partial charge in [0.1, 0.15) is 18.1 Å². The molecule has 0 radical (unpaired) electrons. The van der Waals surface area contributed by atoms with Gasteiger partial charge in [-0.25, -0.2) is 4.98 Å². The van der Waals surface area contributed by atoms with E-state index in [-0.39, 0.29) is 11.5 Å². The van der Waals surface area contributed by atoms with E-state index in [1.807, 2.05) is 79.7 Å². The van der Waals surface area contributed by atoms with Crippen molar-refractivity contribution in [3.63, 3.8) is 0 Å². The zero-order valence-electron chi connectivity index (χ0n) is 22.9. The van der Waals surface area contributed by atoms with Crippen molar-refractivity contribution in [3.8, 4) is 22.9 Å². The zero-order valence-corrected chi connectivity index (χ0v) is 25.0. The highest BCUT2D eigenvalue weighted by atomic mass is 127. The SMILES string of the molecule is COc1cc(C)c(-c2nc3ccccc3c(=O)n2N=Cc2ccc(OCc3ccccc3)c(I)c2)cc1C(C)C. The molecule has 0 spiro atoms. The van der Waals surface area contributed by atoms with E-state index in [0.29, 0.717) is 23.3 Å². The van der Waals surface area contributed by atoms with Gasteiger partial charge < -0.3 is 9.47 Å². The number of methoxy groups -OCH3 is 1. The predicted molar refractivity (Wildman–Crippen MR) is 170 cm³/mol. The Morgan fingerprint density at radius 1 is 0.975 bits per heavy atom. The average Bonchev–Trinajstić information content (AvgIpc) is 2.96. The molecule has 5 aromatic rings. The molecule has 0 aliphatic heterocycles. The lowest BCUT2D eigenvalue weighted by Gasteiger charge is -2.17. The summed E-state index contributed by atoms with van der Waals surface area (Å²) in [6, 6.07) is 27.3. The van der Waals surface area contributed by atoms with Crippen LogP contribution in [-0.2, 0) is 6.61 Å². The van der Waals surface area contributed by atoms with Gasteiger partial charge in [-0.2, -0.15) is 9.78 Å². The molecule has 1 heterocycles. The summed E-state index contributed by atoms with van der Waals surface area (Å²) >= 11 is 2.26. The van der Waals surface area contributed by atoms with Gasteiger partial charge in [0.05, 0.1) is 27.8 Å². The largest absolute Gasteiger partial charge is 0.496 e. The van der Waals surface area contributed by atoms with Crippen molar-refractivity contribution < 1.29 is 9.47 Å². The summed E-state index contributed by atoms with van der Waals surface area (Å²) in [4.78, 5) is 18.6. The van der Waals surface area contributed by atoms with Gasteiger partial charge >= 0.3 is 0 Å². The number of halogens is 1. The first kappa shape index (κ1) is 27.6.